The summed E-state index contributed by atoms with van der Waals surface area (Å²) in [5.41, 5.74) is -0.362. The third-order valence-electron chi connectivity index (χ3n) is 3.10. The normalized spacial score (nSPS) is 15.1. The lowest BCUT2D eigenvalue weighted by molar-refractivity contribution is 0.291. The summed E-state index contributed by atoms with van der Waals surface area (Å²) in [5, 5.41) is 12.1. The molecular weight excluding hydrogens is 198 g/mol. The van der Waals surface area contributed by atoms with Crippen LogP contribution >= 0.6 is 0 Å². The molecule has 0 aromatic rings. The van der Waals surface area contributed by atoms with E-state index in [1.165, 1.54) is 6.42 Å². The number of nitrogens with zero attached hydrogens (tertiary/aromatic N) is 2. The van der Waals surface area contributed by atoms with E-state index >= 15 is 0 Å². The number of nitriles is 1. The summed E-state index contributed by atoms with van der Waals surface area (Å²) in [4.78, 5) is 2.35. The second kappa shape index (κ2) is 7.65. The molecule has 0 rings (SSSR count). The lowest BCUT2D eigenvalue weighted by Gasteiger charge is -2.23. The highest BCUT2D eigenvalue weighted by Crippen LogP contribution is 2.11. The van der Waals surface area contributed by atoms with Crippen molar-refractivity contribution in [1.82, 2.24) is 10.2 Å². The molecule has 0 aromatic heterocycles. The van der Waals surface area contributed by atoms with Crippen molar-refractivity contribution in [1.29, 1.82) is 5.26 Å². The molecule has 1 unspecified atom stereocenters. The Kier molecular flexibility index (Phi) is 7.36. The van der Waals surface area contributed by atoms with Crippen molar-refractivity contribution in [2.45, 2.75) is 45.6 Å². The van der Waals surface area contributed by atoms with Gasteiger partial charge in [-0.25, -0.2) is 0 Å². The van der Waals surface area contributed by atoms with Crippen LogP contribution in [0.3, 0.4) is 0 Å². The first kappa shape index (κ1) is 15.4. The average molecular weight is 225 g/mol. The van der Waals surface area contributed by atoms with Crippen molar-refractivity contribution in [3.8, 4) is 6.07 Å². The molecule has 0 aromatic carbocycles. The lowest BCUT2D eigenvalue weighted by atomic mass is 9.98. The van der Waals surface area contributed by atoms with E-state index in [2.05, 4.69) is 37.2 Å². The Morgan fingerprint density at radius 2 is 2.00 bits per heavy atom. The molecule has 0 spiro atoms. The zero-order valence-corrected chi connectivity index (χ0v) is 11.5. The maximum Gasteiger partial charge on any atom is 0.103 e. The van der Waals surface area contributed by atoms with Crippen molar-refractivity contribution in [2.24, 2.45) is 5.92 Å². The summed E-state index contributed by atoms with van der Waals surface area (Å²) in [5.74, 6) is 0.768. The average Bonchev–Trinajstić information content (AvgIpc) is 2.26. The van der Waals surface area contributed by atoms with Crippen LogP contribution < -0.4 is 5.32 Å². The maximum atomic E-state index is 9.00. The molecule has 0 aliphatic rings. The van der Waals surface area contributed by atoms with Gasteiger partial charge in [0.15, 0.2) is 0 Å². The molecule has 0 aliphatic heterocycles. The fraction of sp³-hybridized carbons (Fsp3) is 0.923. The Morgan fingerprint density at radius 1 is 1.38 bits per heavy atom. The number of rotatable bonds is 8. The molecular formula is C13H27N3. The van der Waals surface area contributed by atoms with Crippen molar-refractivity contribution >= 4 is 0 Å². The van der Waals surface area contributed by atoms with Crippen LogP contribution in [-0.2, 0) is 0 Å². The van der Waals surface area contributed by atoms with Gasteiger partial charge >= 0.3 is 0 Å². The third kappa shape index (κ3) is 6.81. The molecule has 16 heavy (non-hydrogen) atoms. The molecule has 0 bridgehead atoms. The summed E-state index contributed by atoms with van der Waals surface area (Å²) in [6.45, 7) is 8.69. The minimum absolute atomic E-state index is 0.362. The van der Waals surface area contributed by atoms with Crippen molar-refractivity contribution in [3.63, 3.8) is 0 Å². The molecule has 0 heterocycles. The first-order valence-electron chi connectivity index (χ1n) is 6.22. The summed E-state index contributed by atoms with van der Waals surface area (Å²) in [7, 11) is 4.01. The molecule has 94 valence electrons. The molecule has 0 amide bonds. The highest BCUT2D eigenvalue weighted by molar-refractivity contribution is 5.02. The van der Waals surface area contributed by atoms with Crippen molar-refractivity contribution in [2.75, 3.05) is 27.2 Å². The van der Waals surface area contributed by atoms with Gasteiger partial charge in [0.25, 0.3) is 0 Å². The van der Waals surface area contributed by atoms with E-state index < -0.39 is 0 Å². The molecule has 0 saturated carbocycles. The first-order chi connectivity index (χ1) is 7.43. The second-order valence-corrected chi connectivity index (χ2v) is 5.28. The van der Waals surface area contributed by atoms with Gasteiger partial charge in [0.05, 0.1) is 6.07 Å². The van der Waals surface area contributed by atoms with Crippen LogP contribution in [0.1, 0.15) is 40.0 Å². The number of hydrogen-bond acceptors (Lipinski definition) is 3. The van der Waals surface area contributed by atoms with Gasteiger partial charge in [0.2, 0.25) is 0 Å². The van der Waals surface area contributed by atoms with Gasteiger partial charge in [-0.05, 0) is 59.3 Å². The van der Waals surface area contributed by atoms with Crippen LogP contribution in [0.4, 0.5) is 0 Å². The van der Waals surface area contributed by atoms with Crippen LogP contribution in [0.2, 0.25) is 0 Å². The monoisotopic (exact) mass is 225 g/mol. The van der Waals surface area contributed by atoms with Crippen LogP contribution in [0.5, 0.6) is 0 Å². The fourth-order valence-electron chi connectivity index (χ4n) is 1.53. The molecule has 1 N–H and O–H groups in total. The SMILES string of the molecule is CNC(C)(C#N)CCCN(C)CCC(C)C. The highest BCUT2D eigenvalue weighted by Gasteiger charge is 2.20. The minimum Gasteiger partial charge on any atom is -0.306 e. The van der Waals surface area contributed by atoms with Crippen molar-refractivity contribution < 1.29 is 0 Å². The van der Waals surface area contributed by atoms with Gasteiger partial charge in [-0.15, -0.1) is 0 Å². The number of hydrogen-bond donors (Lipinski definition) is 1. The van der Waals surface area contributed by atoms with Crippen LogP contribution in [0.25, 0.3) is 0 Å². The predicted molar refractivity (Wildman–Crippen MR) is 69.3 cm³/mol. The van der Waals surface area contributed by atoms with Crippen LogP contribution in [0, 0.1) is 17.2 Å². The zero-order chi connectivity index (χ0) is 12.6. The Bertz CT molecular complexity index is 220. The van der Waals surface area contributed by atoms with E-state index in [-0.39, 0.29) is 5.54 Å². The third-order valence-corrected chi connectivity index (χ3v) is 3.10. The predicted octanol–water partition coefficient (Wildman–Crippen LogP) is 2.25. The lowest BCUT2D eigenvalue weighted by Crippen LogP contribution is -2.38. The molecule has 0 fully saturated rings. The standard InChI is InChI=1S/C13H27N3/c1-12(2)7-10-16(5)9-6-8-13(3,11-14)15-4/h12,15H,6-10H2,1-5H3. The first-order valence-corrected chi connectivity index (χ1v) is 6.22. The molecule has 3 heteroatoms. The van der Waals surface area contributed by atoms with Crippen molar-refractivity contribution in [3.05, 3.63) is 0 Å². The number of nitrogens with one attached hydrogen (secondary N) is 1. The summed E-state index contributed by atoms with van der Waals surface area (Å²) < 4.78 is 0. The van der Waals surface area contributed by atoms with Gasteiger partial charge in [-0.3, -0.25) is 0 Å². The zero-order valence-electron chi connectivity index (χ0n) is 11.5. The van der Waals surface area contributed by atoms with E-state index in [0.717, 1.165) is 31.8 Å². The van der Waals surface area contributed by atoms with Crippen LogP contribution in [-0.4, -0.2) is 37.6 Å². The van der Waals surface area contributed by atoms with Crippen LogP contribution in [0.15, 0.2) is 0 Å². The highest BCUT2D eigenvalue weighted by atomic mass is 15.1. The smallest absolute Gasteiger partial charge is 0.103 e. The minimum atomic E-state index is -0.362. The van der Waals surface area contributed by atoms with E-state index in [0.29, 0.717) is 0 Å². The second-order valence-electron chi connectivity index (χ2n) is 5.28. The van der Waals surface area contributed by atoms with E-state index in [4.69, 9.17) is 5.26 Å². The van der Waals surface area contributed by atoms with Gasteiger partial charge in [0, 0.05) is 0 Å². The summed E-state index contributed by atoms with van der Waals surface area (Å²) in [6.07, 6.45) is 3.23. The van der Waals surface area contributed by atoms with E-state index in [1.54, 1.807) is 0 Å². The van der Waals surface area contributed by atoms with Gasteiger partial charge in [-0.2, -0.15) is 5.26 Å². The Hall–Kier alpha value is -0.590. The van der Waals surface area contributed by atoms with E-state index in [1.807, 2.05) is 14.0 Å². The molecule has 0 saturated heterocycles. The Morgan fingerprint density at radius 3 is 2.44 bits per heavy atom. The topological polar surface area (TPSA) is 39.1 Å². The van der Waals surface area contributed by atoms with E-state index in [9.17, 15) is 0 Å². The molecule has 3 nitrogen and oxygen atoms in total. The van der Waals surface area contributed by atoms with Gasteiger partial charge in [-0.1, -0.05) is 13.8 Å². The van der Waals surface area contributed by atoms with Gasteiger partial charge in [0.1, 0.15) is 5.54 Å². The maximum absolute atomic E-state index is 9.00. The Balaban J connectivity index is 3.69. The Labute approximate surface area is 101 Å². The molecule has 1 atom stereocenters. The summed E-state index contributed by atoms with van der Waals surface area (Å²) in [6, 6.07) is 2.32. The summed E-state index contributed by atoms with van der Waals surface area (Å²) >= 11 is 0. The fourth-order valence-corrected chi connectivity index (χ4v) is 1.53. The molecule has 0 radical (unpaired) electrons. The van der Waals surface area contributed by atoms with Gasteiger partial charge < -0.3 is 10.2 Å². The molecule has 0 aliphatic carbocycles. The largest absolute Gasteiger partial charge is 0.306 e. The quantitative estimate of drug-likeness (QED) is 0.688.